The first-order valence-electron chi connectivity index (χ1n) is 13.3. The molecule has 2 saturated carbocycles. The number of anilines is 1. The van der Waals surface area contributed by atoms with Crippen LogP contribution >= 0.6 is 0 Å². The van der Waals surface area contributed by atoms with E-state index in [9.17, 15) is 22.8 Å². The Morgan fingerprint density at radius 2 is 1.47 bits per heavy atom. The zero-order valence-electron chi connectivity index (χ0n) is 21.6. The van der Waals surface area contributed by atoms with Gasteiger partial charge in [0, 0.05) is 18.3 Å². The maximum absolute atomic E-state index is 13.5. The van der Waals surface area contributed by atoms with E-state index in [1.54, 1.807) is 12.1 Å². The average Bonchev–Trinajstić information content (AvgIpc) is 2.92. The third-order valence-electron chi connectivity index (χ3n) is 7.83. The van der Waals surface area contributed by atoms with Crippen LogP contribution < -0.4 is 10.1 Å². The summed E-state index contributed by atoms with van der Waals surface area (Å²) >= 11 is 0. The fourth-order valence-electron chi connectivity index (χ4n) is 5.85. The number of carbonyl (C=O) groups is 2. The first-order chi connectivity index (χ1) is 18.2. The number of benzene rings is 2. The van der Waals surface area contributed by atoms with Crippen LogP contribution in [0.15, 0.2) is 48.5 Å². The molecule has 2 aromatic carbocycles. The van der Waals surface area contributed by atoms with Gasteiger partial charge in [-0.05, 0) is 79.5 Å². The molecule has 2 amide bonds. The standard InChI is InChI=1S/C29H35F3N2O4/c1-37-27(35)23-9-7-20(8-10-23)19-34(25-15-11-22(12-16-25)21-5-3-2-4-6-21)28(36)33-24-13-17-26(18-14-24)38-29(30,31)32/h7-10,13-14,17-18,21-22,25H,2-6,11-12,15-16,19H2,1H3,(H,33,36)/t22-,25-. The number of esters is 1. The van der Waals surface area contributed by atoms with Crippen LogP contribution in [0.3, 0.4) is 0 Å². The van der Waals surface area contributed by atoms with Crippen LogP contribution in [0.1, 0.15) is 73.7 Å². The van der Waals surface area contributed by atoms with Crippen LogP contribution in [0.5, 0.6) is 5.75 Å². The molecule has 2 aromatic rings. The second kappa shape index (κ2) is 12.5. The van der Waals surface area contributed by atoms with Crippen molar-refractivity contribution in [2.24, 2.45) is 11.8 Å². The summed E-state index contributed by atoms with van der Waals surface area (Å²) in [7, 11) is 1.33. The molecule has 2 aliphatic rings. The molecule has 206 valence electrons. The molecule has 2 fully saturated rings. The number of rotatable bonds is 7. The van der Waals surface area contributed by atoms with Crippen LogP contribution in [-0.2, 0) is 11.3 Å². The molecule has 0 radical (unpaired) electrons. The number of carbonyl (C=O) groups excluding carboxylic acids is 2. The third kappa shape index (κ3) is 7.65. The van der Waals surface area contributed by atoms with Gasteiger partial charge in [-0.3, -0.25) is 0 Å². The first kappa shape index (κ1) is 27.8. The van der Waals surface area contributed by atoms with Gasteiger partial charge in [-0.15, -0.1) is 13.2 Å². The quantitative estimate of drug-likeness (QED) is 0.374. The summed E-state index contributed by atoms with van der Waals surface area (Å²) in [5, 5.41) is 2.84. The monoisotopic (exact) mass is 532 g/mol. The molecule has 0 atom stereocenters. The maximum atomic E-state index is 13.5. The Balaban J connectivity index is 1.45. The number of nitrogens with one attached hydrogen (secondary N) is 1. The van der Waals surface area contributed by atoms with E-state index in [-0.39, 0.29) is 17.8 Å². The number of ether oxygens (including phenoxy) is 2. The zero-order valence-corrected chi connectivity index (χ0v) is 21.6. The Morgan fingerprint density at radius 3 is 2.05 bits per heavy atom. The summed E-state index contributed by atoms with van der Waals surface area (Å²) in [4.78, 5) is 27.1. The first-order valence-corrected chi connectivity index (χ1v) is 13.3. The highest BCUT2D eigenvalue weighted by Crippen LogP contribution is 2.39. The van der Waals surface area contributed by atoms with E-state index in [4.69, 9.17) is 4.74 Å². The van der Waals surface area contributed by atoms with Gasteiger partial charge in [0.1, 0.15) is 5.75 Å². The van der Waals surface area contributed by atoms with Crippen LogP contribution in [-0.4, -0.2) is 36.4 Å². The molecule has 0 aliphatic heterocycles. The lowest BCUT2D eigenvalue weighted by molar-refractivity contribution is -0.274. The number of alkyl halides is 3. The maximum Gasteiger partial charge on any atom is 0.573 e. The molecule has 1 N–H and O–H groups in total. The smallest absolute Gasteiger partial charge is 0.465 e. The molecule has 2 aliphatic carbocycles. The van der Waals surface area contributed by atoms with E-state index in [2.05, 4.69) is 10.1 Å². The van der Waals surface area contributed by atoms with Gasteiger partial charge in [-0.25, -0.2) is 9.59 Å². The highest BCUT2D eigenvalue weighted by Gasteiger charge is 2.33. The van der Waals surface area contributed by atoms with Crippen molar-refractivity contribution in [3.8, 4) is 5.75 Å². The van der Waals surface area contributed by atoms with Crippen molar-refractivity contribution in [2.75, 3.05) is 12.4 Å². The Hall–Kier alpha value is -3.23. The minimum Gasteiger partial charge on any atom is -0.465 e. The topological polar surface area (TPSA) is 67.9 Å². The van der Waals surface area contributed by atoms with Crippen molar-refractivity contribution < 1.29 is 32.2 Å². The van der Waals surface area contributed by atoms with Crippen molar-refractivity contribution >= 4 is 17.7 Å². The number of methoxy groups -OCH3 is 1. The Morgan fingerprint density at radius 1 is 0.868 bits per heavy atom. The van der Waals surface area contributed by atoms with Crippen molar-refractivity contribution in [3.63, 3.8) is 0 Å². The van der Waals surface area contributed by atoms with E-state index >= 15 is 0 Å². The summed E-state index contributed by atoms with van der Waals surface area (Å²) in [6.07, 6.45) is 5.79. The number of halogens is 3. The Kier molecular flexibility index (Phi) is 9.17. The van der Waals surface area contributed by atoms with Crippen LogP contribution in [0.4, 0.5) is 23.7 Å². The second-order valence-electron chi connectivity index (χ2n) is 10.3. The van der Waals surface area contributed by atoms with E-state index < -0.39 is 12.3 Å². The lowest BCUT2D eigenvalue weighted by atomic mass is 9.72. The SMILES string of the molecule is COC(=O)c1ccc(CN(C(=O)Nc2ccc(OC(F)(F)F)cc2)[C@H]2CC[C@H](C3CCCCC3)CC2)cc1. The predicted octanol–water partition coefficient (Wildman–Crippen LogP) is 7.55. The number of urea groups is 1. The number of nitrogens with zero attached hydrogens (tertiary/aromatic N) is 1. The normalized spacial score (nSPS) is 20.4. The fraction of sp³-hybridized carbons (Fsp3) is 0.517. The molecule has 0 bridgehead atoms. The lowest BCUT2D eigenvalue weighted by Crippen LogP contribution is -2.44. The van der Waals surface area contributed by atoms with Gasteiger partial charge in [0.05, 0.1) is 12.7 Å². The highest BCUT2D eigenvalue weighted by atomic mass is 19.4. The lowest BCUT2D eigenvalue weighted by Gasteiger charge is -2.40. The molecule has 6 nitrogen and oxygen atoms in total. The van der Waals surface area contributed by atoms with Crippen LogP contribution in [0.25, 0.3) is 0 Å². The molecule has 0 heterocycles. The van der Waals surface area contributed by atoms with E-state index in [1.165, 1.54) is 63.5 Å². The molecule has 0 aromatic heterocycles. The highest BCUT2D eigenvalue weighted by molar-refractivity contribution is 5.90. The third-order valence-corrected chi connectivity index (χ3v) is 7.83. The van der Waals surface area contributed by atoms with Crippen LogP contribution in [0, 0.1) is 11.8 Å². The molecule has 0 unspecified atom stereocenters. The molecule has 0 saturated heterocycles. The van der Waals surface area contributed by atoms with Gasteiger partial charge in [0.2, 0.25) is 0 Å². The molecule has 0 spiro atoms. The van der Waals surface area contributed by atoms with Gasteiger partial charge in [0.25, 0.3) is 0 Å². The minimum absolute atomic E-state index is 0.0444. The van der Waals surface area contributed by atoms with Crippen molar-refractivity contribution in [2.45, 2.75) is 76.7 Å². The number of amides is 2. The summed E-state index contributed by atoms with van der Waals surface area (Å²) in [6.45, 7) is 0.349. The summed E-state index contributed by atoms with van der Waals surface area (Å²) in [5.74, 6) is 0.719. The number of hydrogen-bond acceptors (Lipinski definition) is 4. The molecule has 38 heavy (non-hydrogen) atoms. The summed E-state index contributed by atoms with van der Waals surface area (Å²) < 4.78 is 46.1. The average molecular weight is 533 g/mol. The van der Waals surface area contributed by atoms with Gasteiger partial charge in [0.15, 0.2) is 0 Å². The largest absolute Gasteiger partial charge is 0.573 e. The van der Waals surface area contributed by atoms with Gasteiger partial charge in [-0.2, -0.15) is 0 Å². The molecule has 4 rings (SSSR count). The van der Waals surface area contributed by atoms with E-state index in [0.29, 0.717) is 23.7 Å². The van der Waals surface area contributed by atoms with Crippen molar-refractivity contribution in [1.82, 2.24) is 4.90 Å². The summed E-state index contributed by atoms with van der Waals surface area (Å²) in [6, 6.07) is 11.8. The van der Waals surface area contributed by atoms with Crippen LogP contribution in [0.2, 0.25) is 0 Å². The van der Waals surface area contributed by atoms with E-state index in [1.807, 2.05) is 17.0 Å². The Bertz CT molecular complexity index is 1060. The molecular formula is C29H35F3N2O4. The van der Waals surface area contributed by atoms with E-state index in [0.717, 1.165) is 37.2 Å². The number of hydrogen-bond donors (Lipinski definition) is 1. The minimum atomic E-state index is -4.78. The fourth-order valence-corrected chi connectivity index (χ4v) is 5.85. The summed E-state index contributed by atoms with van der Waals surface area (Å²) in [5.41, 5.74) is 1.68. The van der Waals surface area contributed by atoms with Gasteiger partial charge >= 0.3 is 18.4 Å². The Labute approximate surface area is 221 Å². The zero-order chi connectivity index (χ0) is 27.1. The van der Waals surface area contributed by atoms with Gasteiger partial charge in [-0.1, -0.05) is 44.2 Å². The van der Waals surface area contributed by atoms with Crippen molar-refractivity contribution in [3.05, 3.63) is 59.7 Å². The van der Waals surface area contributed by atoms with Gasteiger partial charge < -0.3 is 19.7 Å². The molecular weight excluding hydrogens is 497 g/mol. The van der Waals surface area contributed by atoms with Crippen molar-refractivity contribution in [1.29, 1.82) is 0 Å². The molecule has 9 heteroatoms. The second-order valence-corrected chi connectivity index (χ2v) is 10.3. The predicted molar refractivity (Wildman–Crippen MR) is 138 cm³/mol.